The average molecular weight is 204 g/mol. The molecule has 1 aliphatic carbocycles. The van der Waals surface area contributed by atoms with E-state index >= 15 is 0 Å². The summed E-state index contributed by atoms with van der Waals surface area (Å²) in [6, 6.07) is 10.5. The first-order valence-electron chi connectivity index (χ1n) is 6.07. The predicted octanol–water partition coefficient (Wildman–Crippen LogP) is 3.34. The van der Waals surface area contributed by atoms with Gasteiger partial charge < -0.3 is 5.11 Å². The second-order valence-corrected chi connectivity index (χ2v) is 4.60. The highest BCUT2D eigenvalue weighted by atomic mass is 16.3. The predicted molar refractivity (Wildman–Crippen MR) is 62.8 cm³/mol. The molecule has 1 fully saturated rings. The van der Waals surface area contributed by atoms with E-state index in [-0.39, 0.29) is 0 Å². The van der Waals surface area contributed by atoms with Crippen LogP contribution in [0.4, 0.5) is 0 Å². The molecule has 0 aliphatic heterocycles. The summed E-state index contributed by atoms with van der Waals surface area (Å²) in [5.41, 5.74) is 1.31. The quantitative estimate of drug-likeness (QED) is 0.800. The fourth-order valence-corrected chi connectivity index (χ4v) is 2.76. The zero-order chi connectivity index (χ0) is 10.5. The van der Waals surface area contributed by atoms with Crippen molar-refractivity contribution >= 4 is 0 Å². The van der Waals surface area contributed by atoms with Gasteiger partial charge in [-0.15, -0.1) is 0 Å². The monoisotopic (exact) mass is 204 g/mol. The molecule has 1 atom stereocenters. The third kappa shape index (κ3) is 2.60. The largest absolute Gasteiger partial charge is 0.396 e. The fourth-order valence-electron chi connectivity index (χ4n) is 2.76. The maximum Gasteiger partial charge on any atom is 0.0502 e. The Morgan fingerprint density at radius 1 is 1.07 bits per heavy atom. The van der Waals surface area contributed by atoms with Crippen LogP contribution in [-0.4, -0.2) is 11.7 Å². The standard InChI is InChI=1S/C14H20O/c15-11-14(12-7-3-1-4-8-12)13-9-5-2-6-10-13/h1,3-4,7-8,13-15H,2,5-6,9-11H2/t14-/m1/s1. The lowest BCUT2D eigenvalue weighted by atomic mass is 9.77. The van der Waals surface area contributed by atoms with Crippen LogP contribution in [0.2, 0.25) is 0 Å². The molecule has 0 bridgehead atoms. The van der Waals surface area contributed by atoms with Gasteiger partial charge in [0, 0.05) is 5.92 Å². The lowest BCUT2D eigenvalue weighted by Crippen LogP contribution is -2.19. The van der Waals surface area contributed by atoms with Crippen LogP contribution in [0.1, 0.15) is 43.6 Å². The van der Waals surface area contributed by atoms with E-state index in [1.54, 1.807) is 0 Å². The van der Waals surface area contributed by atoms with Crippen LogP contribution < -0.4 is 0 Å². The molecule has 1 nitrogen and oxygen atoms in total. The van der Waals surface area contributed by atoms with E-state index in [1.165, 1.54) is 37.7 Å². The van der Waals surface area contributed by atoms with E-state index in [1.807, 2.05) is 6.07 Å². The van der Waals surface area contributed by atoms with Gasteiger partial charge in [0.15, 0.2) is 0 Å². The zero-order valence-electron chi connectivity index (χ0n) is 9.23. The molecule has 15 heavy (non-hydrogen) atoms. The van der Waals surface area contributed by atoms with Crippen molar-refractivity contribution in [2.24, 2.45) is 5.92 Å². The summed E-state index contributed by atoms with van der Waals surface area (Å²) in [6.45, 7) is 0.300. The highest BCUT2D eigenvalue weighted by Gasteiger charge is 2.23. The Kier molecular flexibility index (Phi) is 3.79. The van der Waals surface area contributed by atoms with Gasteiger partial charge in [-0.25, -0.2) is 0 Å². The molecule has 1 saturated carbocycles. The first-order valence-corrected chi connectivity index (χ1v) is 6.07. The van der Waals surface area contributed by atoms with Gasteiger partial charge in [0.05, 0.1) is 6.61 Å². The van der Waals surface area contributed by atoms with Crippen molar-refractivity contribution in [3.63, 3.8) is 0 Å². The van der Waals surface area contributed by atoms with Gasteiger partial charge in [-0.1, -0.05) is 49.6 Å². The number of hydrogen-bond donors (Lipinski definition) is 1. The third-order valence-electron chi connectivity index (χ3n) is 3.64. The lowest BCUT2D eigenvalue weighted by Gasteiger charge is -2.29. The highest BCUT2D eigenvalue weighted by molar-refractivity contribution is 5.20. The summed E-state index contributed by atoms with van der Waals surface area (Å²) in [6.07, 6.45) is 6.64. The van der Waals surface area contributed by atoms with E-state index in [0.29, 0.717) is 18.4 Å². The number of hydrogen-bond acceptors (Lipinski definition) is 1. The van der Waals surface area contributed by atoms with Crippen LogP contribution in [0, 0.1) is 5.92 Å². The van der Waals surface area contributed by atoms with Gasteiger partial charge in [-0.05, 0) is 24.3 Å². The van der Waals surface area contributed by atoms with Crippen molar-refractivity contribution in [2.75, 3.05) is 6.61 Å². The second kappa shape index (κ2) is 5.32. The molecule has 0 amide bonds. The normalized spacial score (nSPS) is 20.1. The molecule has 1 aliphatic rings. The molecule has 0 radical (unpaired) electrons. The van der Waals surface area contributed by atoms with E-state index < -0.39 is 0 Å². The number of benzene rings is 1. The number of aliphatic hydroxyl groups excluding tert-OH is 1. The van der Waals surface area contributed by atoms with Crippen LogP contribution in [0.5, 0.6) is 0 Å². The molecular weight excluding hydrogens is 184 g/mol. The maximum atomic E-state index is 9.53. The third-order valence-corrected chi connectivity index (χ3v) is 3.64. The van der Waals surface area contributed by atoms with Gasteiger partial charge >= 0.3 is 0 Å². The molecule has 0 saturated heterocycles. The first kappa shape index (κ1) is 10.7. The van der Waals surface area contributed by atoms with E-state index in [0.717, 1.165) is 0 Å². The van der Waals surface area contributed by atoms with Gasteiger partial charge in [-0.2, -0.15) is 0 Å². The van der Waals surface area contributed by atoms with Crippen molar-refractivity contribution in [3.05, 3.63) is 35.9 Å². The first-order chi connectivity index (χ1) is 7.42. The van der Waals surface area contributed by atoms with Crippen LogP contribution in [-0.2, 0) is 0 Å². The zero-order valence-corrected chi connectivity index (χ0v) is 9.23. The summed E-state index contributed by atoms with van der Waals surface area (Å²) in [7, 11) is 0. The SMILES string of the molecule is OC[C@H](c1ccccc1)C1CCCCC1. The Hall–Kier alpha value is -0.820. The van der Waals surface area contributed by atoms with Crippen molar-refractivity contribution < 1.29 is 5.11 Å². The summed E-state index contributed by atoms with van der Waals surface area (Å²) in [5.74, 6) is 1.07. The maximum absolute atomic E-state index is 9.53. The fraction of sp³-hybridized carbons (Fsp3) is 0.571. The minimum atomic E-state index is 0.300. The molecule has 0 aromatic heterocycles. The summed E-state index contributed by atoms with van der Waals surface area (Å²) in [5, 5.41) is 9.53. The van der Waals surface area contributed by atoms with E-state index in [2.05, 4.69) is 24.3 Å². The Labute approximate surface area is 92.1 Å². The minimum absolute atomic E-state index is 0.300. The van der Waals surface area contributed by atoms with Crippen LogP contribution in [0.3, 0.4) is 0 Å². The topological polar surface area (TPSA) is 20.2 Å². The molecule has 0 heterocycles. The molecule has 0 unspecified atom stereocenters. The lowest BCUT2D eigenvalue weighted by molar-refractivity contribution is 0.196. The molecule has 2 rings (SSSR count). The average Bonchev–Trinajstić information content (AvgIpc) is 2.33. The van der Waals surface area contributed by atoms with Crippen LogP contribution in [0.25, 0.3) is 0 Å². The smallest absolute Gasteiger partial charge is 0.0502 e. The van der Waals surface area contributed by atoms with E-state index in [4.69, 9.17) is 0 Å². The Balaban J connectivity index is 2.09. The van der Waals surface area contributed by atoms with Crippen molar-refractivity contribution in [1.29, 1.82) is 0 Å². The Morgan fingerprint density at radius 3 is 2.33 bits per heavy atom. The van der Waals surface area contributed by atoms with Crippen molar-refractivity contribution in [1.82, 2.24) is 0 Å². The minimum Gasteiger partial charge on any atom is -0.396 e. The van der Waals surface area contributed by atoms with E-state index in [9.17, 15) is 5.11 Å². The number of rotatable bonds is 3. The van der Waals surface area contributed by atoms with Gasteiger partial charge in [-0.3, -0.25) is 0 Å². The Morgan fingerprint density at radius 2 is 1.73 bits per heavy atom. The number of aliphatic hydroxyl groups is 1. The summed E-state index contributed by atoms with van der Waals surface area (Å²) >= 11 is 0. The molecule has 1 aromatic carbocycles. The molecular formula is C14H20O. The molecule has 1 N–H and O–H groups in total. The van der Waals surface area contributed by atoms with Crippen LogP contribution >= 0.6 is 0 Å². The van der Waals surface area contributed by atoms with Crippen molar-refractivity contribution in [2.45, 2.75) is 38.0 Å². The van der Waals surface area contributed by atoms with Gasteiger partial charge in [0.1, 0.15) is 0 Å². The molecule has 82 valence electrons. The second-order valence-electron chi connectivity index (χ2n) is 4.60. The van der Waals surface area contributed by atoms with Crippen molar-refractivity contribution in [3.8, 4) is 0 Å². The van der Waals surface area contributed by atoms with Gasteiger partial charge in [0.2, 0.25) is 0 Å². The molecule has 1 aromatic rings. The Bertz CT molecular complexity index is 275. The molecule has 1 heteroatoms. The summed E-state index contributed by atoms with van der Waals surface area (Å²) in [4.78, 5) is 0. The highest BCUT2D eigenvalue weighted by Crippen LogP contribution is 2.35. The molecule has 0 spiro atoms. The van der Waals surface area contributed by atoms with Crippen LogP contribution in [0.15, 0.2) is 30.3 Å². The van der Waals surface area contributed by atoms with Gasteiger partial charge in [0.25, 0.3) is 0 Å². The summed E-state index contributed by atoms with van der Waals surface area (Å²) < 4.78 is 0.